The lowest BCUT2D eigenvalue weighted by atomic mass is 9.99. The summed E-state index contributed by atoms with van der Waals surface area (Å²) in [5.41, 5.74) is 0. The van der Waals surface area contributed by atoms with E-state index < -0.39 is 67.4 Å². The standard InChI is InChI=1S/C64H117NO10/c1-4-7-10-13-16-19-22-24-25-26-27-28-29-30-31-32-34-36-39-42-45-48-51-57(68)63(72)65-55(56(67)50-47-44-41-38-35-21-18-15-12-9-6-3)54-73-64-62(61(71)60(70)58(53-66)74-64)75-59(69)52-49-46-43-40-37-33-23-20-17-14-11-8-5-2/h24-25,33,37,43,46-47,50,55-58,60-62,64,66-68,70-71H,4-23,26-32,34-36,38-42,44-45,48-49,51-54H2,1-3H3,(H,65,72)/b25-24+,37-33-,46-43+,50-47+. The monoisotopic (exact) mass is 1060 g/mol. The smallest absolute Gasteiger partial charge is 0.306 e. The molecule has 0 radical (unpaired) electrons. The summed E-state index contributed by atoms with van der Waals surface area (Å²) >= 11 is 0. The van der Waals surface area contributed by atoms with E-state index in [0.717, 1.165) is 51.4 Å². The maximum Gasteiger partial charge on any atom is 0.306 e. The van der Waals surface area contributed by atoms with Crippen LogP contribution in [0.4, 0.5) is 0 Å². The van der Waals surface area contributed by atoms with Crippen LogP contribution in [-0.4, -0.2) is 99.6 Å². The van der Waals surface area contributed by atoms with Crippen molar-refractivity contribution in [1.82, 2.24) is 5.32 Å². The zero-order valence-corrected chi connectivity index (χ0v) is 48.4. The number of hydrogen-bond donors (Lipinski definition) is 6. The number of aliphatic hydroxyl groups excluding tert-OH is 5. The number of carbonyl (C=O) groups is 2. The Morgan fingerprint density at radius 1 is 0.520 bits per heavy atom. The van der Waals surface area contributed by atoms with Crippen LogP contribution in [-0.2, 0) is 23.8 Å². The van der Waals surface area contributed by atoms with Gasteiger partial charge in [0.05, 0.1) is 25.4 Å². The minimum atomic E-state index is -1.63. The first-order valence-corrected chi connectivity index (χ1v) is 31.4. The molecule has 0 aromatic heterocycles. The van der Waals surface area contributed by atoms with Crippen molar-refractivity contribution in [2.75, 3.05) is 13.2 Å². The zero-order chi connectivity index (χ0) is 54.7. The average Bonchev–Trinajstić information content (AvgIpc) is 3.41. The van der Waals surface area contributed by atoms with Crippen molar-refractivity contribution >= 4 is 11.9 Å². The first kappa shape index (κ1) is 70.6. The maximum absolute atomic E-state index is 13.4. The molecule has 1 aliphatic rings. The Kier molecular flexibility index (Phi) is 49.3. The topological polar surface area (TPSA) is 175 Å². The summed E-state index contributed by atoms with van der Waals surface area (Å²) in [6, 6.07) is -1.03. The van der Waals surface area contributed by atoms with Crippen LogP contribution in [0.2, 0.25) is 0 Å². The van der Waals surface area contributed by atoms with E-state index in [4.69, 9.17) is 14.2 Å². The number of rotatable bonds is 53. The molecule has 0 saturated carbocycles. The third-order valence-corrected chi connectivity index (χ3v) is 14.7. The Labute approximate surface area is 459 Å². The fourth-order valence-electron chi connectivity index (χ4n) is 9.70. The molecule has 0 aromatic rings. The van der Waals surface area contributed by atoms with E-state index in [1.54, 1.807) is 6.08 Å². The van der Waals surface area contributed by atoms with Crippen LogP contribution >= 0.6 is 0 Å². The van der Waals surface area contributed by atoms with E-state index in [-0.39, 0.29) is 19.4 Å². The van der Waals surface area contributed by atoms with Gasteiger partial charge in [-0.1, -0.05) is 256 Å². The van der Waals surface area contributed by atoms with Gasteiger partial charge in [-0.25, -0.2) is 0 Å². The summed E-state index contributed by atoms with van der Waals surface area (Å²) in [5.74, 6) is -1.26. The highest BCUT2D eigenvalue weighted by atomic mass is 16.7. The van der Waals surface area contributed by atoms with E-state index in [0.29, 0.717) is 12.8 Å². The van der Waals surface area contributed by atoms with Crippen molar-refractivity contribution < 1.29 is 49.3 Å². The summed E-state index contributed by atoms with van der Waals surface area (Å²) in [7, 11) is 0. The maximum atomic E-state index is 13.4. The third kappa shape index (κ3) is 40.5. The number of hydrogen-bond acceptors (Lipinski definition) is 10. The first-order valence-electron chi connectivity index (χ1n) is 31.4. The molecule has 11 nitrogen and oxygen atoms in total. The lowest BCUT2D eigenvalue weighted by Gasteiger charge is -2.41. The molecule has 1 rings (SSSR count). The van der Waals surface area contributed by atoms with E-state index in [1.807, 2.05) is 18.2 Å². The minimum Gasteiger partial charge on any atom is -0.454 e. The molecule has 0 aromatic carbocycles. The van der Waals surface area contributed by atoms with Gasteiger partial charge in [0.2, 0.25) is 5.91 Å². The molecular weight excluding hydrogens is 943 g/mol. The SMILES string of the molecule is CCCCCCCC/C=C\C/C=C/CCC(=O)OC1C(OCC(NC(=O)C(O)CCCCCCCCCCCCCC/C=C/CCCCCCCC)C(O)/C=C/CCCCCCCCCCC)OC(CO)C(O)C1O. The van der Waals surface area contributed by atoms with E-state index in [2.05, 4.69) is 50.4 Å². The number of ether oxygens (including phenoxy) is 3. The number of amides is 1. The van der Waals surface area contributed by atoms with Gasteiger partial charge < -0.3 is 45.1 Å². The minimum absolute atomic E-state index is 0.0185. The lowest BCUT2D eigenvalue weighted by molar-refractivity contribution is -0.305. The molecule has 438 valence electrons. The molecule has 1 heterocycles. The lowest BCUT2D eigenvalue weighted by Crippen LogP contribution is -2.61. The number of aliphatic hydroxyl groups is 5. The van der Waals surface area contributed by atoms with Crippen LogP contribution in [0.5, 0.6) is 0 Å². The molecule has 8 atom stereocenters. The molecule has 1 saturated heterocycles. The van der Waals surface area contributed by atoms with Gasteiger partial charge in [0.1, 0.15) is 24.4 Å². The van der Waals surface area contributed by atoms with Crippen molar-refractivity contribution in [3.63, 3.8) is 0 Å². The van der Waals surface area contributed by atoms with E-state index in [1.165, 1.54) is 186 Å². The Bertz CT molecular complexity index is 1400. The number of carbonyl (C=O) groups excluding carboxylic acids is 2. The third-order valence-electron chi connectivity index (χ3n) is 14.7. The zero-order valence-electron chi connectivity index (χ0n) is 48.4. The predicted octanol–water partition coefficient (Wildman–Crippen LogP) is 14.8. The summed E-state index contributed by atoms with van der Waals surface area (Å²) in [6.07, 6.45) is 53.2. The van der Waals surface area contributed by atoms with Crippen LogP contribution in [0, 0.1) is 0 Å². The fraction of sp³-hybridized carbons (Fsp3) is 0.844. The summed E-state index contributed by atoms with van der Waals surface area (Å²) in [4.78, 5) is 26.5. The molecule has 0 bridgehead atoms. The molecule has 0 spiro atoms. The van der Waals surface area contributed by atoms with Gasteiger partial charge in [-0.05, 0) is 70.6 Å². The molecule has 0 aliphatic carbocycles. The first-order chi connectivity index (χ1) is 36.7. The van der Waals surface area contributed by atoms with Crippen LogP contribution in [0.25, 0.3) is 0 Å². The highest BCUT2D eigenvalue weighted by molar-refractivity contribution is 5.80. The van der Waals surface area contributed by atoms with Crippen LogP contribution in [0.15, 0.2) is 48.6 Å². The second-order valence-electron chi connectivity index (χ2n) is 21.8. The highest BCUT2D eigenvalue weighted by Crippen LogP contribution is 2.26. The molecule has 6 N–H and O–H groups in total. The average molecular weight is 1060 g/mol. The van der Waals surface area contributed by atoms with Crippen molar-refractivity contribution in [1.29, 1.82) is 0 Å². The van der Waals surface area contributed by atoms with Gasteiger partial charge in [-0.2, -0.15) is 0 Å². The second kappa shape index (κ2) is 52.3. The van der Waals surface area contributed by atoms with Crippen LogP contribution in [0.3, 0.4) is 0 Å². The Balaban J connectivity index is 2.64. The van der Waals surface area contributed by atoms with Gasteiger partial charge in [-0.3, -0.25) is 9.59 Å². The molecular formula is C64H117NO10. The molecule has 1 fully saturated rings. The number of nitrogens with one attached hydrogen (secondary N) is 1. The van der Waals surface area contributed by atoms with Gasteiger partial charge >= 0.3 is 5.97 Å². The van der Waals surface area contributed by atoms with Crippen molar-refractivity contribution in [2.24, 2.45) is 0 Å². The largest absolute Gasteiger partial charge is 0.454 e. The summed E-state index contributed by atoms with van der Waals surface area (Å²) in [5, 5.41) is 56.9. The Hall–Kier alpha value is -2.38. The Morgan fingerprint density at radius 3 is 1.37 bits per heavy atom. The van der Waals surface area contributed by atoms with Gasteiger partial charge in [-0.15, -0.1) is 0 Å². The summed E-state index contributed by atoms with van der Waals surface area (Å²) in [6.45, 7) is 5.75. The number of allylic oxidation sites excluding steroid dienone is 7. The van der Waals surface area contributed by atoms with Crippen LogP contribution < -0.4 is 5.32 Å². The van der Waals surface area contributed by atoms with E-state index in [9.17, 15) is 35.1 Å². The Morgan fingerprint density at radius 2 is 0.920 bits per heavy atom. The van der Waals surface area contributed by atoms with Gasteiger partial charge in [0.15, 0.2) is 12.4 Å². The molecule has 1 aliphatic heterocycles. The molecule has 8 unspecified atom stereocenters. The van der Waals surface area contributed by atoms with E-state index >= 15 is 0 Å². The molecule has 75 heavy (non-hydrogen) atoms. The second-order valence-corrected chi connectivity index (χ2v) is 21.8. The fourth-order valence-corrected chi connectivity index (χ4v) is 9.70. The molecule has 11 heteroatoms. The highest BCUT2D eigenvalue weighted by Gasteiger charge is 2.47. The summed E-state index contributed by atoms with van der Waals surface area (Å²) < 4.78 is 17.5. The predicted molar refractivity (Wildman–Crippen MR) is 310 cm³/mol. The van der Waals surface area contributed by atoms with Gasteiger partial charge in [0, 0.05) is 6.42 Å². The number of unbranched alkanes of at least 4 members (excludes halogenated alkanes) is 33. The number of esters is 1. The van der Waals surface area contributed by atoms with Crippen molar-refractivity contribution in [3.05, 3.63) is 48.6 Å². The normalized spacial score (nSPS) is 19.5. The molecule has 1 amide bonds. The van der Waals surface area contributed by atoms with Gasteiger partial charge in [0.25, 0.3) is 0 Å². The van der Waals surface area contributed by atoms with Crippen molar-refractivity contribution in [2.45, 2.75) is 333 Å². The quantitative estimate of drug-likeness (QED) is 0.0195. The van der Waals surface area contributed by atoms with Crippen molar-refractivity contribution in [3.8, 4) is 0 Å². The van der Waals surface area contributed by atoms with Crippen LogP contribution in [0.1, 0.15) is 284 Å².